The van der Waals surface area contributed by atoms with Gasteiger partial charge in [0, 0.05) is 6.07 Å². The lowest BCUT2D eigenvalue weighted by molar-refractivity contribution is -0.385. The van der Waals surface area contributed by atoms with Gasteiger partial charge in [0.15, 0.2) is 0 Å². The van der Waals surface area contributed by atoms with Crippen molar-refractivity contribution in [1.29, 1.82) is 0 Å². The van der Waals surface area contributed by atoms with Gasteiger partial charge in [0.1, 0.15) is 12.0 Å². The Labute approximate surface area is 124 Å². The van der Waals surface area contributed by atoms with Crippen LogP contribution < -0.4 is 5.32 Å². The van der Waals surface area contributed by atoms with E-state index in [1.54, 1.807) is 6.07 Å². The van der Waals surface area contributed by atoms with Crippen LogP contribution in [0.1, 0.15) is 32.4 Å². The summed E-state index contributed by atoms with van der Waals surface area (Å²) in [6, 6.07) is 13.3. The minimum absolute atomic E-state index is 0.00688. The van der Waals surface area contributed by atoms with Gasteiger partial charge in [0.25, 0.3) is 5.69 Å². The zero-order chi connectivity index (χ0) is 15.5. The van der Waals surface area contributed by atoms with E-state index in [1.165, 1.54) is 12.3 Å². The van der Waals surface area contributed by atoms with Crippen LogP contribution in [-0.2, 0) is 0 Å². The highest BCUT2D eigenvalue weighted by Crippen LogP contribution is 2.35. The molecule has 0 aliphatic rings. The van der Waals surface area contributed by atoms with Gasteiger partial charge in [-0.3, -0.25) is 10.1 Å². The van der Waals surface area contributed by atoms with Crippen LogP contribution in [0.4, 0.5) is 11.5 Å². The molecule has 1 N–H and O–H groups in total. The molecule has 5 nitrogen and oxygen atoms in total. The zero-order valence-electron chi connectivity index (χ0n) is 12.4. The molecule has 5 heteroatoms. The van der Waals surface area contributed by atoms with E-state index in [-0.39, 0.29) is 17.1 Å². The number of rotatable bonds is 4. The summed E-state index contributed by atoms with van der Waals surface area (Å²) >= 11 is 0. The monoisotopic (exact) mass is 285 g/mol. The van der Waals surface area contributed by atoms with Crippen LogP contribution in [0, 0.1) is 15.5 Å². The Balaban J connectivity index is 2.26. The molecule has 0 saturated carbocycles. The maximum atomic E-state index is 10.7. The summed E-state index contributed by atoms with van der Waals surface area (Å²) in [7, 11) is 0. The van der Waals surface area contributed by atoms with Gasteiger partial charge in [0.05, 0.1) is 11.0 Å². The van der Waals surface area contributed by atoms with Gasteiger partial charge in [-0.25, -0.2) is 4.98 Å². The average molecular weight is 285 g/mol. The van der Waals surface area contributed by atoms with Gasteiger partial charge >= 0.3 is 0 Å². The van der Waals surface area contributed by atoms with Gasteiger partial charge in [0.2, 0.25) is 0 Å². The number of hydrogen-bond acceptors (Lipinski definition) is 4. The van der Waals surface area contributed by atoms with Crippen LogP contribution in [0.3, 0.4) is 0 Å². The molecule has 21 heavy (non-hydrogen) atoms. The van der Waals surface area contributed by atoms with Crippen LogP contribution in [-0.4, -0.2) is 9.91 Å². The third kappa shape index (κ3) is 3.78. The summed E-state index contributed by atoms with van der Waals surface area (Å²) in [5.41, 5.74) is 1.13. The number of nitrogens with zero attached hydrogens (tertiary/aromatic N) is 2. The third-order valence-electron chi connectivity index (χ3n) is 3.25. The lowest BCUT2D eigenvalue weighted by atomic mass is 9.82. The Hall–Kier alpha value is -2.43. The molecule has 1 unspecified atom stereocenters. The number of hydrogen-bond donors (Lipinski definition) is 1. The van der Waals surface area contributed by atoms with Gasteiger partial charge in [-0.05, 0) is 17.0 Å². The molecule has 110 valence electrons. The predicted molar refractivity (Wildman–Crippen MR) is 83.2 cm³/mol. The number of nitrogens with one attached hydrogen (secondary N) is 1. The number of pyridine rings is 1. The summed E-state index contributed by atoms with van der Waals surface area (Å²) in [5, 5.41) is 14.0. The zero-order valence-corrected chi connectivity index (χ0v) is 12.4. The minimum atomic E-state index is -0.449. The van der Waals surface area contributed by atoms with Crippen molar-refractivity contribution in [2.45, 2.75) is 26.8 Å². The van der Waals surface area contributed by atoms with E-state index in [9.17, 15) is 10.1 Å². The third-order valence-corrected chi connectivity index (χ3v) is 3.25. The molecular weight excluding hydrogens is 266 g/mol. The molecule has 0 fully saturated rings. The first-order valence-electron chi connectivity index (χ1n) is 6.80. The first kappa shape index (κ1) is 15.0. The molecule has 0 aliphatic carbocycles. The van der Waals surface area contributed by atoms with E-state index in [0.717, 1.165) is 5.56 Å². The van der Waals surface area contributed by atoms with Gasteiger partial charge in [-0.1, -0.05) is 51.1 Å². The van der Waals surface area contributed by atoms with E-state index in [0.29, 0.717) is 5.82 Å². The van der Waals surface area contributed by atoms with Crippen LogP contribution >= 0.6 is 0 Å². The molecule has 1 aromatic heterocycles. The first-order valence-corrected chi connectivity index (χ1v) is 6.80. The summed E-state index contributed by atoms with van der Waals surface area (Å²) in [4.78, 5) is 14.3. The van der Waals surface area contributed by atoms with E-state index < -0.39 is 4.92 Å². The Morgan fingerprint density at radius 3 is 2.29 bits per heavy atom. The molecular formula is C16H19N3O2. The Bertz CT molecular complexity index is 604. The SMILES string of the molecule is CC(C)(C)C(Nc1ccc([N+](=O)[O-])cn1)c1ccccc1. The highest BCUT2D eigenvalue weighted by atomic mass is 16.6. The maximum absolute atomic E-state index is 10.7. The van der Waals surface area contributed by atoms with Gasteiger partial charge in [-0.15, -0.1) is 0 Å². The molecule has 0 saturated heterocycles. The maximum Gasteiger partial charge on any atom is 0.287 e. The summed E-state index contributed by atoms with van der Waals surface area (Å²) in [6.45, 7) is 6.43. The van der Waals surface area contributed by atoms with Crippen molar-refractivity contribution in [2.24, 2.45) is 5.41 Å². The van der Waals surface area contributed by atoms with Crippen molar-refractivity contribution in [2.75, 3.05) is 5.32 Å². The molecule has 0 bridgehead atoms. The molecule has 0 aliphatic heterocycles. The average Bonchev–Trinajstić information content (AvgIpc) is 2.45. The molecule has 2 aromatic rings. The fourth-order valence-electron chi connectivity index (χ4n) is 2.17. The highest BCUT2D eigenvalue weighted by molar-refractivity contribution is 5.43. The van der Waals surface area contributed by atoms with E-state index in [2.05, 4.69) is 43.2 Å². The van der Waals surface area contributed by atoms with Crippen molar-refractivity contribution >= 4 is 11.5 Å². The normalized spacial score (nSPS) is 12.7. The van der Waals surface area contributed by atoms with Crippen LogP contribution in [0.2, 0.25) is 0 Å². The van der Waals surface area contributed by atoms with Crippen molar-refractivity contribution in [1.82, 2.24) is 4.98 Å². The van der Waals surface area contributed by atoms with Gasteiger partial charge in [-0.2, -0.15) is 0 Å². The van der Waals surface area contributed by atoms with Crippen LogP contribution in [0.25, 0.3) is 0 Å². The summed E-state index contributed by atoms with van der Waals surface area (Å²) < 4.78 is 0. The second kappa shape index (κ2) is 5.91. The molecule has 2 rings (SSSR count). The Morgan fingerprint density at radius 2 is 1.81 bits per heavy atom. The summed E-state index contributed by atoms with van der Waals surface area (Å²) in [6.07, 6.45) is 1.27. The van der Waals surface area contributed by atoms with E-state index in [4.69, 9.17) is 0 Å². The highest BCUT2D eigenvalue weighted by Gasteiger charge is 2.26. The van der Waals surface area contributed by atoms with Crippen LogP contribution in [0.15, 0.2) is 48.7 Å². The molecule has 1 heterocycles. The van der Waals surface area contributed by atoms with Crippen LogP contribution in [0.5, 0.6) is 0 Å². The predicted octanol–water partition coefficient (Wildman–Crippen LogP) is 4.19. The lowest BCUT2D eigenvalue weighted by Crippen LogP contribution is -2.26. The first-order chi connectivity index (χ1) is 9.88. The summed E-state index contributed by atoms with van der Waals surface area (Å²) in [5.74, 6) is 0.629. The Morgan fingerprint density at radius 1 is 1.14 bits per heavy atom. The number of nitro groups is 1. The minimum Gasteiger partial charge on any atom is -0.363 e. The Kier molecular flexibility index (Phi) is 4.21. The molecule has 1 atom stereocenters. The number of aromatic nitrogens is 1. The van der Waals surface area contributed by atoms with E-state index in [1.807, 2.05) is 18.2 Å². The second-order valence-electron chi connectivity index (χ2n) is 6.01. The lowest BCUT2D eigenvalue weighted by Gasteiger charge is -2.32. The van der Waals surface area contributed by atoms with Crippen molar-refractivity contribution in [3.8, 4) is 0 Å². The van der Waals surface area contributed by atoms with Crippen molar-refractivity contribution < 1.29 is 4.92 Å². The standard InChI is InChI=1S/C16H19N3O2/c1-16(2,3)15(12-7-5-4-6-8-12)18-14-10-9-13(11-17-14)19(20)21/h4-11,15H,1-3H3,(H,17,18). The number of anilines is 1. The largest absolute Gasteiger partial charge is 0.363 e. The molecule has 1 aromatic carbocycles. The molecule has 0 spiro atoms. The molecule has 0 radical (unpaired) electrons. The quantitative estimate of drug-likeness (QED) is 0.675. The molecule has 0 amide bonds. The fraction of sp³-hybridized carbons (Fsp3) is 0.312. The second-order valence-corrected chi connectivity index (χ2v) is 6.01. The van der Waals surface area contributed by atoms with Crippen molar-refractivity contribution in [3.05, 3.63) is 64.3 Å². The number of benzene rings is 1. The fourth-order valence-corrected chi connectivity index (χ4v) is 2.17. The van der Waals surface area contributed by atoms with Gasteiger partial charge < -0.3 is 5.32 Å². The smallest absolute Gasteiger partial charge is 0.287 e. The van der Waals surface area contributed by atoms with Crippen molar-refractivity contribution in [3.63, 3.8) is 0 Å². The van der Waals surface area contributed by atoms with E-state index >= 15 is 0 Å². The topological polar surface area (TPSA) is 68.1 Å².